The second kappa shape index (κ2) is 15.9. The fourth-order valence-electron chi connectivity index (χ4n) is 34.1. The van der Waals surface area contributed by atoms with Gasteiger partial charge in [-0.3, -0.25) is 0 Å². The first kappa shape index (κ1) is 57.1. The average Bonchev–Trinajstić information content (AvgIpc) is 0.846. The van der Waals surface area contributed by atoms with E-state index in [9.17, 15) is 36.8 Å². The number of nitrogens with zero attached hydrogens (tertiary/aromatic N) is 7. The van der Waals surface area contributed by atoms with Crippen molar-refractivity contribution in [3.8, 4) is 54.8 Å². The molecule has 0 fully saturated rings. The molecule has 0 saturated heterocycles. The van der Waals surface area contributed by atoms with E-state index in [0.717, 1.165) is 151 Å². The number of hydrogen-bond donors (Lipinski definition) is 0. The van der Waals surface area contributed by atoms with E-state index < -0.39 is 0 Å². The summed E-state index contributed by atoms with van der Waals surface area (Å²) in [5.74, 6) is 2.51. The summed E-state index contributed by atoms with van der Waals surface area (Å²) in [6, 6.07) is 69.6. The number of benzene rings is 34. The van der Waals surface area contributed by atoms with E-state index in [4.69, 9.17) is 6.42 Å². The Kier molecular flexibility index (Phi) is 7.08. The van der Waals surface area contributed by atoms with Gasteiger partial charge in [0.1, 0.15) is 64.8 Å². The van der Waals surface area contributed by atoms with Crippen LogP contribution in [-0.4, -0.2) is 0 Å². The van der Waals surface area contributed by atoms with Crippen molar-refractivity contribution in [2.45, 2.75) is 11.8 Å². The topological polar surface area (TPSA) is 167 Å². The summed E-state index contributed by atoms with van der Waals surface area (Å²) in [5, 5.41) is 174. The van der Waals surface area contributed by atoms with E-state index >= 15 is 0 Å². The molecule has 4 aliphatic rings. The number of fused-ring (bicyclic) bond motifs is 6. The van der Waals surface area contributed by atoms with Crippen LogP contribution in [0.4, 0.5) is 0 Å². The van der Waals surface area contributed by atoms with Crippen molar-refractivity contribution in [1.82, 2.24) is 0 Å². The van der Waals surface area contributed by atoms with Crippen molar-refractivity contribution in [2.24, 2.45) is 0 Å². The molecule has 38 aromatic rings. The first-order valence-corrected chi connectivity index (χ1v) is 44.1. The molecule has 0 aliphatic heterocycles. The van der Waals surface area contributed by atoms with Crippen LogP contribution in [0.15, 0.2) is 133 Å². The Morgan fingerprint density at radius 2 is 0.367 bits per heavy atom. The second-order valence-electron chi connectivity index (χ2n) is 39.7. The minimum absolute atomic E-state index is 0.0704. The van der Waals surface area contributed by atoms with Gasteiger partial charge in [0, 0.05) is 32.7 Å². The van der Waals surface area contributed by atoms with Crippen LogP contribution in [-0.2, 0) is 0 Å². The lowest BCUT2D eigenvalue weighted by atomic mass is 9.55. The molecule has 7 nitrogen and oxygen atoms in total. The Bertz CT molecular complexity index is 13500. The number of rotatable bonds is 0. The van der Waals surface area contributed by atoms with Gasteiger partial charge in [0.25, 0.3) is 0 Å². The third-order valence-corrected chi connectivity index (χ3v) is 36.7. The van der Waals surface area contributed by atoms with Crippen molar-refractivity contribution in [1.29, 1.82) is 36.8 Å². The lowest BCUT2D eigenvalue weighted by Crippen LogP contribution is -2.26. The Labute approximate surface area is 706 Å². The SMILES string of the molecule is C#CC(C#N)=c1c2cc3c4cc5c(=C(C#N)C#N)c6cccc7c8cc9cc%10ccc%11c%12ccc%13c(=C(C#N)C#N)c%14cc%15c%16cc%17c(=C(C#N)C#N)c%18cccc%19c%20cc%21cc%22ccc%23c%24ccc1c1c2c2c3c3c%25c%26c%27c%28c%29c%30c(c(c%241)C2C%25%29)c%23c%22c1c%21c2c%20c(c%17c%18%19)c%16c%16c%17c%15c%15c%14c%13c%12c%12c%13c%11c%10c%10c9c9c8c(c5c67)c4c3c9c%26c%10c%13c%27c(c%17c%28c(c%301)c2%16)c%15%12. The Balaban J connectivity index is 0.913. The van der Waals surface area contributed by atoms with E-state index in [2.05, 4.69) is 182 Å². The van der Waals surface area contributed by atoms with Crippen molar-refractivity contribution in [3.63, 3.8) is 0 Å². The summed E-state index contributed by atoms with van der Waals surface area (Å²) in [6.07, 6.45) is 6.86. The zero-order valence-corrected chi connectivity index (χ0v) is 65.6. The lowest BCUT2D eigenvalue weighted by Gasteiger charge is -2.47. The van der Waals surface area contributed by atoms with Gasteiger partial charge in [0.05, 0.1) is 0 Å². The molecule has 0 N–H and O–H groups in total. The Hall–Kier alpha value is -18.3. The second-order valence-corrected chi connectivity index (χ2v) is 39.7. The summed E-state index contributed by atoms with van der Waals surface area (Å²) in [5.41, 5.74) is 6.02. The van der Waals surface area contributed by atoms with Crippen molar-refractivity contribution < 1.29 is 0 Å². The van der Waals surface area contributed by atoms with Crippen LogP contribution in [0.5, 0.6) is 0 Å². The normalized spacial score (nSPS) is 16.0. The first-order valence-electron chi connectivity index (χ1n) is 44.1. The fraction of sp³-hybridized carbons (Fsp3) is 0.0165. The van der Waals surface area contributed by atoms with E-state index in [-0.39, 0.29) is 28.6 Å². The van der Waals surface area contributed by atoms with E-state index in [1.54, 1.807) is 0 Å². The zero-order chi connectivity index (χ0) is 81.2. The first-order chi connectivity index (χ1) is 63.4. The number of nitriles is 7. The molecule has 0 radical (unpaired) electrons. The van der Waals surface area contributed by atoms with E-state index in [0.29, 0.717) is 21.2 Å². The monoisotopic (exact) mass is 1580 g/mol. The molecular weight excluding hydrogens is 1550 g/mol. The minimum Gasteiger partial charge on any atom is -0.192 e. The highest BCUT2D eigenvalue weighted by Gasteiger charge is 2.53. The molecule has 4 aliphatic carbocycles. The Morgan fingerprint density at radius 1 is 0.164 bits per heavy atom. The van der Waals surface area contributed by atoms with Crippen molar-refractivity contribution in [2.75, 3.05) is 0 Å². The molecule has 2 unspecified atom stereocenters. The molecule has 42 rings (SSSR count). The van der Waals surface area contributed by atoms with Gasteiger partial charge in [-0.25, -0.2) is 0 Å². The van der Waals surface area contributed by atoms with Gasteiger partial charge in [0.2, 0.25) is 0 Å². The summed E-state index contributed by atoms with van der Waals surface area (Å²) in [6.45, 7) is 0. The molecule has 2 atom stereocenters. The maximum Gasteiger partial charge on any atom is 0.138 e. The van der Waals surface area contributed by atoms with E-state index in [1.807, 2.05) is 0 Å². The molecule has 0 heterocycles. The summed E-state index contributed by atoms with van der Waals surface area (Å²) >= 11 is 0. The zero-order valence-electron chi connectivity index (χ0n) is 65.6. The molecule has 0 aromatic heterocycles. The summed E-state index contributed by atoms with van der Waals surface area (Å²) in [4.78, 5) is 0. The van der Waals surface area contributed by atoms with Gasteiger partial charge >= 0.3 is 0 Å². The van der Waals surface area contributed by atoms with Crippen LogP contribution in [0.25, 0.3) is 432 Å². The largest absolute Gasteiger partial charge is 0.192 e. The third kappa shape index (κ3) is 4.37. The van der Waals surface area contributed by atoms with Crippen LogP contribution in [0.2, 0.25) is 0 Å². The number of hydrogen-bond acceptors (Lipinski definition) is 7. The fourth-order valence-corrected chi connectivity index (χ4v) is 34.1. The van der Waals surface area contributed by atoms with Gasteiger partial charge in [-0.2, -0.15) is 36.8 Å². The van der Waals surface area contributed by atoms with E-state index in [1.165, 1.54) is 286 Å². The van der Waals surface area contributed by atoms with Gasteiger partial charge in [-0.1, -0.05) is 90.8 Å². The van der Waals surface area contributed by atoms with Gasteiger partial charge in [-0.05, 0) is 480 Å². The summed E-state index contributed by atoms with van der Waals surface area (Å²) in [7, 11) is 0. The smallest absolute Gasteiger partial charge is 0.138 e. The summed E-state index contributed by atoms with van der Waals surface area (Å²) < 4.78 is 0. The molecule has 0 amide bonds. The molecular formula is C121H25N7. The van der Waals surface area contributed by atoms with Crippen LogP contribution >= 0.6 is 0 Å². The van der Waals surface area contributed by atoms with Crippen LogP contribution in [0.3, 0.4) is 0 Å². The minimum atomic E-state index is -0.265. The highest BCUT2D eigenvalue weighted by atomic mass is 14.6. The molecule has 0 bridgehead atoms. The average molecular weight is 1580 g/mol. The van der Waals surface area contributed by atoms with Crippen LogP contribution < -0.4 is 20.9 Å². The van der Waals surface area contributed by atoms with Crippen LogP contribution in [0.1, 0.15) is 34.1 Å². The molecule has 7 heteroatoms. The third-order valence-electron chi connectivity index (χ3n) is 36.7. The van der Waals surface area contributed by atoms with Crippen LogP contribution in [0, 0.1) is 91.7 Å². The van der Waals surface area contributed by atoms with Crippen molar-refractivity contribution >= 4 is 432 Å². The number of terminal acetylenes is 1. The molecule has 0 spiro atoms. The Morgan fingerprint density at radius 3 is 0.812 bits per heavy atom. The predicted molar refractivity (Wildman–Crippen MR) is 526 cm³/mol. The van der Waals surface area contributed by atoms with Crippen molar-refractivity contribution in [3.05, 3.63) is 177 Å². The maximum atomic E-state index is 11.9. The maximum absolute atomic E-state index is 11.9. The predicted octanol–water partition coefficient (Wildman–Crippen LogP) is 27.7. The van der Waals surface area contributed by atoms with Gasteiger partial charge in [0.15, 0.2) is 0 Å². The molecule has 38 aromatic carbocycles. The molecule has 544 valence electrons. The highest BCUT2D eigenvalue weighted by molar-refractivity contribution is 6.74. The molecule has 0 saturated carbocycles. The quantitative estimate of drug-likeness (QED) is 0.0827. The highest BCUT2D eigenvalue weighted by Crippen LogP contribution is 2.78. The lowest BCUT2D eigenvalue weighted by molar-refractivity contribution is 0.719. The van der Waals surface area contributed by atoms with Gasteiger partial charge in [-0.15, -0.1) is 6.42 Å². The molecule has 128 heavy (non-hydrogen) atoms. The standard InChI is InChI=1S/C121H25N7/c1-2-32(25-122)60-48-15-13-44-42-11-9-33-17-35-20-51-41-6-4-8-47-62(38(28-125)29-126)58-23-53-55-24-59-63(39(30-127)31-128)49-16-14-45-43-12-10-34-18-36-19-50-40-5-3-7-46-61(37(26-123)27-124)57-22-52-54-21-56(60)84-74(48)72(44)96-94-70(42)64(33)86-66(35)89-77(51)91(83(58)69(41)47)79(53)99-101-81(55)93-85(59)75(49)73(45)97-95-71(43)65(34)87-67(36)88-76(50)90(82(57)68(40)46)78(52)98-100-80(54)92(84)106(96)114-110(100)118-113(104(88)98)103(87)109(95)117-115(107(93)97)111(101)119-112(105(89)99)102(86)108(94)116(114)120(119)121(117)118/h1,3-24,106,114H. The van der Waals surface area contributed by atoms with Gasteiger partial charge < -0.3 is 0 Å².